The summed E-state index contributed by atoms with van der Waals surface area (Å²) >= 11 is 0. The summed E-state index contributed by atoms with van der Waals surface area (Å²) in [7, 11) is 1.58. The van der Waals surface area contributed by atoms with E-state index >= 15 is 0 Å². The molecule has 6 rings (SSSR count). The Morgan fingerprint density at radius 3 is 2.76 bits per heavy atom. The van der Waals surface area contributed by atoms with Crippen molar-refractivity contribution in [3.8, 4) is 23.1 Å². The first-order valence-electron chi connectivity index (χ1n) is 11.8. The van der Waals surface area contributed by atoms with Gasteiger partial charge in [0.25, 0.3) is 5.88 Å². The van der Waals surface area contributed by atoms with Crippen molar-refractivity contribution < 1.29 is 14.0 Å². The first-order chi connectivity index (χ1) is 16.7. The highest BCUT2D eigenvalue weighted by molar-refractivity contribution is 5.56. The van der Waals surface area contributed by atoms with E-state index in [1.54, 1.807) is 23.8 Å². The zero-order chi connectivity index (χ0) is 23.1. The van der Waals surface area contributed by atoms with E-state index in [0.717, 1.165) is 24.5 Å². The average molecular weight is 462 g/mol. The van der Waals surface area contributed by atoms with Crippen molar-refractivity contribution in [2.24, 2.45) is 0 Å². The van der Waals surface area contributed by atoms with Gasteiger partial charge in [-0.3, -0.25) is 9.88 Å². The van der Waals surface area contributed by atoms with Gasteiger partial charge in [0.05, 0.1) is 18.5 Å². The van der Waals surface area contributed by atoms with Crippen molar-refractivity contribution >= 4 is 5.65 Å². The van der Waals surface area contributed by atoms with Crippen LogP contribution in [0.2, 0.25) is 0 Å². The molecule has 1 aliphatic heterocycles. The van der Waals surface area contributed by atoms with Crippen molar-refractivity contribution in [2.45, 2.75) is 64.8 Å². The van der Waals surface area contributed by atoms with E-state index in [9.17, 15) is 0 Å². The second-order valence-electron chi connectivity index (χ2n) is 9.03. The van der Waals surface area contributed by atoms with Gasteiger partial charge in [-0.05, 0) is 31.4 Å². The summed E-state index contributed by atoms with van der Waals surface area (Å²) in [4.78, 5) is 7.48. The van der Waals surface area contributed by atoms with Crippen LogP contribution in [0, 0.1) is 6.92 Å². The van der Waals surface area contributed by atoms with Gasteiger partial charge in [-0.15, -0.1) is 15.3 Å². The number of hydrogen-bond donors (Lipinski definition) is 0. The van der Waals surface area contributed by atoms with E-state index in [1.165, 1.54) is 37.7 Å². The largest absolute Gasteiger partial charge is 0.491 e. The number of hydrogen-bond acceptors (Lipinski definition) is 9. The fourth-order valence-corrected chi connectivity index (χ4v) is 4.93. The summed E-state index contributed by atoms with van der Waals surface area (Å²) in [5.74, 6) is 1.97. The van der Waals surface area contributed by atoms with Gasteiger partial charge in [-0.25, -0.2) is 0 Å². The van der Waals surface area contributed by atoms with Crippen LogP contribution in [0.3, 0.4) is 0 Å². The molecule has 0 bridgehead atoms. The minimum atomic E-state index is 0.284. The molecule has 0 radical (unpaired) electrons. The van der Waals surface area contributed by atoms with Crippen LogP contribution in [0.4, 0.5) is 0 Å². The Kier molecular flexibility index (Phi) is 5.37. The molecule has 176 valence electrons. The number of pyridine rings is 1. The molecule has 2 aliphatic rings. The van der Waals surface area contributed by atoms with Gasteiger partial charge < -0.3 is 14.0 Å². The third-order valence-corrected chi connectivity index (χ3v) is 6.70. The van der Waals surface area contributed by atoms with Gasteiger partial charge in [0.15, 0.2) is 17.1 Å². The van der Waals surface area contributed by atoms with Gasteiger partial charge >= 0.3 is 0 Å². The zero-order valence-electron chi connectivity index (χ0n) is 19.4. The third kappa shape index (κ3) is 3.87. The molecule has 0 atom stereocenters. The predicted octanol–water partition coefficient (Wildman–Crippen LogP) is 3.72. The van der Waals surface area contributed by atoms with Gasteiger partial charge in [-0.1, -0.05) is 30.5 Å². The fraction of sp³-hybridized carbons (Fsp3) is 0.458. The molecule has 0 saturated heterocycles. The lowest BCUT2D eigenvalue weighted by molar-refractivity contribution is 0.155. The van der Waals surface area contributed by atoms with E-state index in [4.69, 9.17) is 19.0 Å². The quantitative estimate of drug-likeness (QED) is 0.425. The first kappa shape index (κ1) is 21.0. The molecule has 1 saturated carbocycles. The van der Waals surface area contributed by atoms with E-state index in [-0.39, 0.29) is 6.61 Å². The Bertz CT molecular complexity index is 1330. The van der Waals surface area contributed by atoms with Crippen LogP contribution in [0.1, 0.15) is 54.8 Å². The molecule has 10 heteroatoms. The van der Waals surface area contributed by atoms with Gasteiger partial charge in [0, 0.05) is 31.3 Å². The molecule has 0 aromatic carbocycles. The van der Waals surface area contributed by atoms with Crippen LogP contribution in [-0.2, 0) is 19.7 Å². The molecule has 10 nitrogen and oxygen atoms in total. The van der Waals surface area contributed by atoms with Crippen molar-refractivity contribution in [1.29, 1.82) is 0 Å². The molecular weight excluding hydrogens is 434 g/mol. The van der Waals surface area contributed by atoms with Crippen LogP contribution in [0.15, 0.2) is 28.8 Å². The highest BCUT2D eigenvalue weighted by Crippen LogP contribution is 2.31. The number of rotatable bonds is 6. The molecule has 5 heterocycles. The molecular formula is C24H27N7O3. The normalized spacial score (nSPS) is 16.8. The van der Waals surface area contributed by atoms with Crippen molar-refractivity contribution in [3.05, 3.63) is 47.0 Å². The molecule has 4 aromatic rings. The third-order valence-electron chi connectivity index (χ3n) is 6.70. The molecule has 4 aromatic heterocycles. The summed E-state index contributed by atoms with van der Waals surface area (Å²) in [6.45, 7) is 4.02. The highest BCUT2D eigenvalue weighted by atomic mass is 16.5. The second-order valence-corrected chi connectivity index (χ2v) is 9.03. The summed E-state index contributed by atoms with van der Waals surface area (Å²) < 4.78 is 18.3. The predicted molar refractivity (Wildman–Crippen MR) is 122 cm³/mol. The minimum absolute atomic E-state index is 0.284. The molecule has 1 fully saturated rings. The van der Waals surface area contributed by atoms with E-state index in [1.807, 2.05) is 13.0 Å². The lowest BCUT2D eigenvalue weighted by atomic mass is 9.94. The molecule has 1 aliphatic carbocycles. The van der Waals surface area contributed by atoms with Gasteiger partial charge in [0.1, 0.15) is 12.4 Å². The highest BCUT2D eigenvalue weighted by Gasteiger charge is 2.28. The number of methoxy groups -OCH3 is 1. The summed E-state index contributed by atoms with van der Waals surface area (Å²) in [6.07, 6.45) is 6.66. The topological polar surface area (TPSA) is 104 Å². The molecule has 0 N–H and O–H groups in total. The maximum atomic E-state index is 6.06. The Morgan fingerprint density at radius 1 is 1.09 bits per heavy atom. The smallest absolute Gasteiger partial charge is 0.275 e. The van der Waals surface area contributed by atoms with Crippen molar-refractivity contribution in [1.82, 2.24) is 34.9 Å². The van der Waals surface area contributed by atoms with Gasteiger partial charge in [-0.2, -0.15) is 4.52 Å². The lowest BCUT2D eigenvalue weighted by Crippen LogP contribution is -2.32. The van der Waals surface area contributed by atoms with Crippen LogP contribution in [-0.4, -0.2) is 48.0 Å². The Hall–Kier alpha value is -3.53. The number of fused-ring (bicyclic) bond motifs is 2. The number of ether oxygens (including phenoxy) is 2. The zero-order valence-corrected chi connectivity index (χ0v) is 19.4. The fourth-order valence-electron chi connectivity index (χ4n) is 4.93. The summed E-state index contributed by atoms with van der Waals surface area (Å²) in [6, 6.07) is 8.44. The van der Waals surface area contributed by atoms with Crippen LogP contribution in [0.25, 0.3) is 17.2 Å². The number of aryl methyl sites for hydroxylation is 1. The summed E-state index contributed by atoms with van der Waals surface area (Å²) in [5, 5.41) is 17.0. The van der Waals surface area contributed by atoms with E-state index < -0.39 is 0 Å². The number of nitrogens with zero attached hydrogens (tertiary/aromatic N) is 7. The van der Waals surface area contributed by atoms with Crippen LogP contribution >= 0.6 is 0 Å². The Morgan fingerprint density at radius 2 is 1.97 bits per heavy atom. The minimum Gasteiger partial charge on any atom is -0.491 e. The van der Waals surface area contributed by atoms with Crippen molar-refractivity contribution in [2.75, 3.05) is 7.11 Å². The summed E-state index contributed by atoms with van der Waals surface area (Å²) in [5.41, 5.74) is 4.42. The monoisotopic (exact) mass is 461 g/mol. The standard InChI is InChI=1S/C24H27N7O3/c1-15-10-19(29-34-15)23-27-26-22-11-21(32-2)24(28-31(22)23)33-14-17-9-8-16-12-30(13-20(16)25-17)18-6-4-3-5-7-18/h8-11,18H,3-7,12-14H2,1-2H3. The van der Waals surface area contributed by atoms with E-state index in [2.05, 4.69) is 31.4 Å². The molecule has 0 spiro atoms. The average Bonchev–Trinajstić information content (AvgIpc) is 3.59. The Labute approximate surface area is 196 Å². The molecule has 0 unspecified atom stereocenters. The molecule has 0 amide bonds. The second kappa shape index (κ2) is 8.68. The van der Waals surface area contributed by atoms with Crippen LogP contribution in [0.5, 0.6) is 11.6 Å². The maximum absolute atomic E-state index is 6.06. The maximum Gasteiger partial charge on any atom is 0.275 e. The van der Waals surface area contributed by atoms with Gasteiger partial charge in [0.2, 0.25) is 5.82 Å². The van der Waals surface area contributed by atoms with E-state index in [0.29, 0.717) is 40.6 Å². The lowest BCUT2D eigenvalue weighted by Gasteiger charge is -2.30. The van der Waals surface area contributed by atoms with Crippen molar-refractivity contribution in [3.63, 3.8) is 0 Å². The number of aromatic nitrogens is 6. The molecule has 34 heavy (non-hydrogen) atoms. The SMILES string of the molecule is COc1cc2nnc(-c3cc(C)on3)n2nc1OCc1ccc2c(n1)CN(C1CCCCC1)C2. The Balaban J connectivity index is 1.21. The first-order valence-corrected chi connectivity index (χ1v) is 11.8. The van der Waals surface area contributed by atoms with Crippen LogP contribution < -0.4 is 9.47 Å².